The van der Waals surface area contributed by atoms with Crippen molar-refractivity contribution in [2.45, 2.75) is 18.9 Å². The molecule has 82 valence electrons. The van der Waals surface area contributed by atoms with Gasteiger partial charge < -0.3 is 10.6 Å². The molecule has 0 aliphatic carbocycles. The molecule has 1 saturated heterocycles. The second kappa shape index (κ2) is 4.57. The van der Waals surface area contributed by atoms with Gasteiger partial charge in [0.25, 0.3) is 0 Å². The van der Waals surface area contributed by atoms with E-state index in [0.717, 1.165) is 25.9 Å². The molecule has 0 radical (unpaired) electrons. The molecule has 1 aromatic rings. The van der Waals surface area contributed by atoms with Crippen LogP contribution < -0.4 is 10.6 Å². The molecule has 1 aliphatic heterocycles. The first kappa shape index (κ1) is 10.4. The van der Waals surface area contributed by atoms with Gasteiger partial charge in [0, 0.05) is 6.04 Å². The van der Waals surface area contributed by atoms with Crippen molar-refractivity contribution < 1.29 is 8.78 Å². The molecule has 0 aromatic heterocycles. The van der Waals surface area contributed by atoms with E-state index in [4.69, 9.17) is 0 Å². The van der Waals surface area contributed by atoms with Crippen molar-refractivity contribution in [2.75, 3.05) is 18.4 Å². The maximum absolute atomic E-state index is 13.3. The fourth-order valence-corrected chi connectivity index (χ4v) is 1.81. The van der Waals surface area contributed by atoms with Crippen LogP contribution in [0.5, 0.6) is 0 Å². The Bertz CT molecular complexity index is 315. The summed E-state index contributed by atoms with van der Waals surface area (Å²) in [6, 6.07) is 4.08. The molecule has 2 nitrogen and oxygen atoms in total. The van der Waals surface area contributed by atoms with Crippen LogP contribution in [0.3, 0.4) is 0 Å². The number of hydrogen-bond acceptors (Lipinski definition) is 2. The molecule has 2 N–H and O–H groups in total. The van der Waals surface area contributed by atoms with E-state index in [0.29, 0.717) is 0 Å². The highest BCUT2D eigenvalue weighted by Gasteiger charge is 2.16. The van der Waals surface area contributed by atoms with Gasteiger partial charge in [0.1, 0.15) is 17.3 Å². The van der Waals surface area contributed by atoms with Gasteiger partial charge in [-0.05, 0) is 38.1 Å². The molecule has 0 amide bonds. The lowest BCUT2D eigenvalue weighted by Crippen LogP contribution is -2.35. The van der Waals surface area contributed by atoms with Crippen molar-refractivity contribution in [2.24, 2.45) is 0 Å². The van der Waals surface area contributed by atoms with E-state index < -0.39 is 11.6 Å². The summed E-state index contributed by atoms with van der Waals surface area (Å²) in [7, 11) is 0. The van der Waals surface area contributed by atoms with E-state index in [2.05, 4.69) is 10.6 Å². The second-order valence-electron chi connectivity index (χ2n) is 3.77. The lowest BCUT2D eigenvalue weighted by atomic mass is 10.1. The third-order valence-corrected chi connectivity index (χ3v) is 2.65. The molecule has 15 heavy (non-hydrogen) atoms. The first-order chi connectivity index (χ1) is 7.27. The molecule has 4 heteroatoms. The molecule has 1 fully saturated rings. The lowest BCUT2D eigenvalue weighted by molar-refractivity contribution is 0.473. The Morgan fingerprint density at radius 3 is 2.33 bits per heavy atom. The van der Waals surface area contributed by atoms with Gasteiger partial charge in [0.2, 0.25) is 0 Å². The molecule has 0 saturated carbocycles. The van der Waals surface area contributed by atoms with Gasteiger partial charge in [0.05, 0.1) is 0 Å². The number of halogens is 2. The van der Waals surface area contributed by atoms with E-state index in [1.54, 1.807) is 0 Å². The van der Waals surface area contributed by atoms with Gasteiger partial charge in [-0.3, -0.25) is 0 Å². The van der Waals surface area contributed by atoms with Crippen LogP contribution in [0, 0.1) is 11.6 Å². The van der Waals surface area contributed by atoms with Crippen LogP contribution in [0.2, 0.25) is 0 Å². The van der Waals surface area contributed by atoms with Gasteiger partial charge in [-0.1, -0.05) is 6.07 Å². The Balaban J connectivity index is 2.09. The van der Waals surface area contributed by atoms with Crippen molar-refractivity contribution in [1.82, 2.24) is 5.32 Å². The van der Waals surface area contributed by atoms with Gasteiger partial charge >= 0.3 is 0 Å². The topological polar surface area (TPSA) is 24.1 Å². The number of piperidine rings is 1. The molecular formula is C11H14F2N2. The number of anilines is 1. The first-order valence-corrected chi connectivity index (χ1v) is 5.18. The number of hydrogen-bond donors (Lipinski definition) is 2. The first-order valence-electron chi connectivity index (χ1n) is 5.18. The van der Waals surface area contributed by atoms with E-state index in [-0.39, 0.29) is 11.7 Å². The Kier molecular flexibility index (Phi) is 3.16. The van der Waals surface area contributed by atoms with Crippen LogP contribution in [-0.4, -0.2) is 19.1 Å². The minimum atomic E-state index is -0.520. The standard InChI is InChI=1S/C11H14F2N2/c12-9-2-1-3-10(13)11(9)15-8-4-6-14-7-5-8/h1-3,8,14-15H,4-7H2. The summed E-state index contributed by atoms with van der Waals surface area (Å²) in [5.74, 6) is -1.04. The summed E-state index contributed by atoms with van der Waals surface area (Å²) in [6.07, 6.45) is 1.79. The van der Waals surface area contributed by atoms with Crippen molar-refractivity contribution in [3.63, 3.8) is 0 Å². The molecule has 0 atom stereocenters. The quantitative estimate of drug-likeness (QED) is 0.784. The number of benzene rings is 1. The van der Waals surface area contributed by atoms with Crippen molar-refractivity contribution >= 4 is 5.69 Å². The highest BCUT2D eigenvalue weighted by molar-refractivity contribution is 5.46. The Morgan fingerprint density at radius 1 is 1.13 bits per heavy atom. The third kappa shape index (κ3) is 2.45. The minimum absolute atomic E-state index is 0.00407. The zero-order valence-electron chi connectivity index (χ0n) is 8.39. The Hall–Kier alpha value is -1.16. The molecular weight excluding hydrogens is 198 g/mol. The molecule has 0 unspecified atom stereocenters. The van der Waals surface area contributed by atoms with Crippen LogP contribution in [-0.2, 0) is 0 Å². The van der Waals surface area contributed by atoms with Crippen LogP contribution in [0.1, 0.15) is 12.8 Å². The van der Waals surface area contributed by atoms with Crippen LogP contribution in [0.4, 0.5) is 14.5 Å². The monoisotopic (exact) mass is 212 g/mol. The number of para-hydroxylation sites is 1. The summed E-state index contributed by atoms with van der Waals surface area (Å²) >= 11 is 0. The fraction of sp³-hybridized carbons (Fsp3) is 0.455. The van der Waals surface area contributed by atoms with Crippen molar-refractivity contribution in [3.05, 3.63) is 29.8 Å². The maximum atomic E-state index is 13.3. The fourth-order valence-electron chi connectivity index (χ4n) is 1.81. The molecule has 2 rings (SSSR count). The third-order valence-electron chi connectivity index (χ3n) is 2.65. The summed E-state index contributed by atoms with van der Waals surface area (Å²) < 4.78 is 26.6. The van der Waals surface area contributed by atoms with E-state index in [9.17, 15) is 8.78 Å². The summed E-state index contributed by atoms with van der Waals surface area (Å²) in [6.45, 7) is 1.79. The van der Waals surface area contributed by atoms with Crippen LogP contribution in [0.15, 0.2) is 18.2 Å². The number of rotatable bonds is 2. The lowest BCUT2D eigenvalue weighted by Gasteiger charge is -2.25. The maximum Gasteiger partial charge on any atom is 0.149 e. The van der Waals surface area contributed by atoms with Gasteiger partial charge in [0.15, 0.2) is 0 Å². The normalized spacial score (nSPS) is 17.7. The Morgan fingerprint density at radius 2 is 1.73 bits per heavy atom. The predicted molar refractivity (Wildman–Crippen MR) is 55.9 cm³/mol. The SMILES string of the molecule is Fc1cccc(F)c1NC1CCNCC1. The van der Waals surface area contributed by atoms with Crippen molar-refractivity contribution in [1.29, 1.82) is 0 Å². The average molecular weight is 212 g/mol. The molecule has 0 spiro atoms. The smallest absolute Gasteiger partial charge is 0.149 e. The predicted octanol–water partition coefficient (Wildman–Crippen LogP) is 2.13. The highest BCUT2D eigenvalue weighted by atomic mass is 19.1. The van der Waals surface area contributed by atoms with Crippen LogP contribution >= 0.6 is 0 Å². The molecule has 1 aromatic carbocycles. The van der Waals surface area contributed by atoms with E-state index in [1.165, 1.54) is 18.2 Å². The summed E-state index contributed by atoms with van der Waals surface area (Å²) in [5, 5.41) is 6.13. The molecule has 0 bridgehead atoms. The molecule has 1 heterocycles. The zero-order valence-corrected chi connectivity index (χ0v) is 8.39. The van der Waals surface area contributed by atoms with Gasteiger partial charge in [-0.2, -0.15) is 0 Å². The Labute approximate surface area is 87.7 Å². The highest BCUT2D eigenvalue weighted by Crippen LogP contribution is 2.20. The molecule has 1 aliphatic rings. The van der Waals surface area contributed by atoms with Crippen LogP contribution in [0.25, 0.3) is 0 Å². The minimum Gasteiger partial charge on any atom is -0.377 e. The number of nitrogens with one attached hydrogen (secondary N) is 2. The summed E-state index contributed by atoms with van der Waals surface area (Å²) in [5.41, 5.74) is 0.00407. The largest absolute Gasteiger partial charge is 0.377 e. The average Bonchev–Trinajstić information content (AvgIpc) is 2.25. The second-order valence-corrected chi connectivity index (χ2v) is 3.77. The van der Waals surface area contributed by atoms with E-state index >= 15 is 0 Å². The zero-order chi connectivity index (χ0) is 10.7. The van der Waals surface area contributed by atoms with Gasteiger partial charge in [-0.15, -0.1) is 0 Å². The summed E-state index contributed by atoms with van der Waals surface area (Å²) in [4.78, 5) is 0. The van der Waals surface area contributed by atoms with Crippen molar-refractivity contribution in [3.8, 4) is 0 Å². The van der Waals surface area contributed by atoms with E-state index in [1.807, 2.05) is 0 Å². The van der Waals surface area contributed by atoms with Gasteiger partial charge in [-0.25, -0.2) is 8.78 Å².